The highest BCUT2D eigenvalue weighted by Gasteiger charge is 2.33. The lowest BCUT2D eigenvalue weighted by Gasteiger charge is -2.38. The van der Waals surface area contributed by atoms with Gasteiger partial charge in [0.2, 0.25) is 5.91 Å². The van der Waals surface area contributed by atoms with Gasteiger partial charge in [-0.05, 0) is 58.0 Å². The highest BCUT2D eigenvalue weighted by Crippen LogP contribution is 2.24. The first-order valence-corrected chi connectivity index (χ1v) is 11.1. The summed E-state index contributed by atoms with van der Waals surface area (Å²) >= 11 is 0. The lowest BCUT2D eigenvalue weighted by Crippen LogP contribution is -2.57. The Hall–Kier alpha value is -2.87. The number of piperazine rings is 1. The third-order valence-corrected chi connectivity index (χ3v) is 6.18. The molecule has 0 bridgehead atoms. The summed E-state index contributed by atoms with van der Waals surface area (Å²) in [5.74, 6) is -0.215. The first-order chi connectivity index (χ1) is 14.9. The standard InChI is InChI=1S/C23H32N6O2/c1-17(2)29-12-9-20(25-29)23(31)28-14-13-26(3)21(16-28)22(30)24-18-7-6-8-19(15-18)27-10-4-5-11-27/h6-9,12,15,17,21H,4-5,10-11,13-14,16H2,1-3H3,(H,24,30)/t21-/m1/s1. The van der Waals surface area contributed by atoms with Crippen molar-refractivity contribution in [1.29, 1.82) is 0 Å². The van der Waals surface area contributed by atoms with E-state index >= 15 is 0 Å². The highest BCUT2D eigenvalue weighted by molar-refractivity contribution is 5.97. The van der Waals surface area contributed by atoms with E-state index in [2.05, 4.69) is 21.4 Å². The maximum absolute atomic E-state index is 13.1. The van der Waals surface area contributed by atoms with Crippen LogP contribution in [0.4, 0.5) is 11.4 Å². The minimum atomic E-state index is -0.402. The molecule has 8 nitrogen and oxygen atoms in total. The number of amides is 2. The molecule has 0 saturated carbocycles. The molecule has 166 valence electrons. The third-order valence-electron chi connectivity index (χ3n) is 6.18. The smallest absolute Gasteiger partial charge is 0.274 e. The average molecular weight is 425 g/mol. The first-order valence-electron chi connectivity index (χ1n) is 11.1. The number of benzene rings is 1. The van der Waals surface area contributed by atoms with Gasteiger partial charge in [0.15, 0.2) is 0 Å². The van der Waals surface area contributed by atoms with E-state index in [-0.39, 0.29) is 17.9 Å². The third kappa shape index (κ3) is 4.74. The van der Waals surface area contributed by atoms with Gasteiger partial charge in [0, 0.05) is 56.3 Å². The van der Waals surface area contributed by atoms with Gasteiger partial charge in [0.1, 0.15) is 11.7 Å². The SMILES string of the molecule is CC(C)n1ccc(C(=O)N2CCN(C)[C@@H](C(=O)Nc3cccc(N4CCCC4)c3)C2)n1. The molecule has 0 radical (unpaired) electrons. The van der Waals surface area contributed by atoms with Gasteiger partial charge in [-0.1, -0.05) is 6.07 Å². The molecule has 2 saturated heterocycles. The molecule has 0 unspecified atom stereocenters. The van der Waals surface area contributed by atoms with E-state index in [1.54, 1.807) is 15.6 Å². The summed E-state index contributed by atoms with van der Waals surface area (Å²) in [5, 5.41) is 7.45. The van der Waals surface area contributed by atoms with Gasteiger partial charge in [-0.2, -0.15) is 5.10 Å². The van der Waals surface area contributed by atoms with E-state index in [0.717, 1.165) is 24.5 Å². The van der Waals surface area contributed by atoms with Crippen molar-refractivity contribution >= 4 is 23.2 Å². The maximum atomic E-state index is 13.1. The fourth-order valence-electron chi connectivity index (χ4n) is 4.22. The molecule has 1 N–H and O–H groups in total. The van der Waals surface area contributed by atoms with E-state index < -0.39 is 6.04 Å². The van der Waals surface area contributed by atoms with Gasteiger partial charge in [0.05, 0.1) is 0 Å². The number of likely N-dealkylation sites (N-methyl/N-ethyl adjacent to an activating group) is 1. The topological polar surface area (TPSA) is 73.7 Å². The maximum Gasteiger partial charge on any atom is 0.274 e. The zero-order valence-electron chi connectivity index (χ0n) is 18.6. The van der Waals surface area contributed by atoms with Crippen LogP contribution < -0.4 is 10.2 Å². The van der Waals surface area contributed by atoms with Crippen molar-refractivity contribution < 1.29 is 9.59 Å². The molecule has 1 aromatic heterocycles. The fraction of sp³-hybridized carbons (Fsp3) is 0.522. The molecular weight excluding hydrogens is 392 g/mol. The van der Waals surface area contributed by atoms with Crippen LogP contribution in [0.25, 0.3) is 0 Å². The minimum Gasteiger partial charge on any atom is -0.371 e. The van der Waals surface area contributed by atoms with E-state index in [1.807, 2.05) is 50.2 Å². The second-order valence-electron chi connectivity index (χ2n) is 8.76. The predicted octanol–water partition coefficient (Wildman–Crippen LogP) is 2.46. The van der Waals surface area contributed by atoms with Crippen molar-refractivity contribution in [2.75, 3.05) is 50.0 Å². The molecule has 0 spiro atoms. The summed E-state index contributed by atoms with van der Waals surface area (Å²) in [7, 11) is 1.93. The highest BCUT2D eigenvalue weighted by atomic mass is 16.2. The van der Waals surface area contributed by atoms with Crippen LogP contribution >= 0.6 is 0 Å². The van der Waals surface area contributed by atoms with Crippen LogP contribution in [0.5, 0.6) is 0 Å². The molecule has 3 heterocycles. The largest absolute Gasteiger partial charge is 0.371 e. The fourth-order valence-corrected chi connectivity index (χ4v) is 4.22. The number of hydrogen-bond acceptors (Lipinski definition) is 5. The Morgan fingerprint density at radius 1 is 1.10 bits per heavy atom. The molecule has 2 aromatic rings. The molecule has 2 fully saturated rings. The Kier molecular flexibility index (Phi) is 6.27. The molecule has 8 heteroatoms. The van der Waals surface area contributed by atoms with Gasteiger partial charge < -0.3 is 15.1 Å². The van der Waals surface area contributed by atoms with Crippen molar-refractivity contribution in [1.82, 2.24) is 19.6 Å². The number of hydrogen-bond donors (Lipinski definition) is 1. The molecule has 0 aliphatic carbocycles. The quantitative estimate of drug-likeness (QED) is 0.798. The zero-order chi connectivity index (χ0) is 22.0. The van der Waals surface area contributed by atoms with E-state index in [9.17, 15) is 9.59 Å². The van der Waals surface area contributed by atoms with E-state index in [4.69, 9.17) is 0 Å². The number of rotatable bonds is 5. The second-order valence-corrected chi connectivity index (χ2v) is 8.76. The number of anilines is 2. The number of nitrogens with zero attached hydrogens (tertiary/aromatic N) is 5. The van der Waals surface area contributed by atoms with Crippen LogP contribution in [0.3, 0.4) is 0 Å². The van der Waals surface area contributed by atoms with Crippen molar-refractivity contribution in [2.24, 2.45) is 0 Å². The summed E-state index contributed by atoms with van der Waals surface area (Å²) in [6, 6.07) is 9.57. The van der Waals surface area contributed by atoms with Crippen LogP contribution in [0, 0.1) is 0 Å². The van der Waals surface area contributed by atoms with Gasteiger partial charge in [0.25, 0.3) is 5.91 Å². The molecule has 4 rings (SSSR count). The first kappa shape index (κ1) is 21.4. The normalized spacial score (nSPS) is 19.8. The van der Waals surface area contributed by atoms with Gasteiger partial charge in [-0.3, -0.25) is 19.2 Å². The molecule has 1 atom stereocenters. The molecule has 2 aliphatic rings. The van der Waals surface area contributed by atoms with Crippen LogP contribution in [0.1, 0.15) is 43.2 Å². The Morgan fingerprint density at radius 3 is 2.58 bits per heavy atom. The Balaban J connectivity index is 1.42. The number of nitrogens with one attached hydrogen (secondary N) is 1. The van der Waals surface area contributed by atoms with E-state index in [0.29, 0.717) is 25.3 Å². The van der Waals surface area contributed by atoms with Crippen molar-refractivity contribution in [3.8, 4) is 0 Å². The van der Waals surface area contributed by atoms with Gasteiger partial charge in [-0.25, -0.2) is 0 Å². The molecular formula is C23H32N6O2. The lowest BCUT2D eigenvalue weighted by molar-refractivity contribution is -0.122. The van der Waals surface area contributed by atoms with Gasteiger partial charge >= 0.3 is 0 Å². The number of aromatic nitrogens is 2. The minimum absolute atomic E-state index is 0.0914. The van der Waals surface area contributed by atoms with E-state index in [1.165, 1.54) is 12.8 Å². The number of carbonyl (C=O) groups is 2. The summed E-state index contributed by atoms with van der Waals surface area (Å²) in [4.78, 5) is 32.1. The van der Waals surface area contributed by atoms with Crippen LogP contribution in [-0.2, 0) is 4.79 Å². The van der Waals surface area contributed by atoms with Crippen molar-refractivity contribution in [3.05, 3.63) is 42.2 Å². The van der Waals surface area contributed by atoms with Crippen molar-refractivity contribution in [2.45, 2.75) is 38.8 Å². The van der Waals surface area contributed by atoms with Gasteiger partial charge in [-0.15, -0.1) is 0 Å². The Labute approximate surface area is 183 Å². The molecule has 1 aromatic carbocycles. The molecule has 2 amide bonds. The summed E-state index contributed by atoms with van der Waals surface area (Å²) in [5.41, 5.74) is 2.36. The van der Waals surface area contributed by atoms with Crippen LogP contribution in [0.2, 0.25) is 0 Å². The number of carbonyl (C=O) groups excluding carboxylic acids is 2. The molecule has 31 heavy (non-hydrogen) atoms. The zero-order valence-corrected chi connectivity index (χ0v) is 18.6. The van der Waals surface area contributed by atoms with Crippen molar-refractivity contribution in [3.63, 3.8) is 0 Å². The Bertz CT molecular complexity index is 934. The molecule has 2 aliphatic heterocycles. The summed E-state index contributed by atoms with van der Waals surface area (Å²) in [6.45, 7) is 7.74. The lowest BCUT2D eigenvalue weighted by atomic mass is 10.1. The predicted molar refractivity (Wildman–Crippen MR) is 121 cm³/mol. The summed E-state index contributed by atoms with van der Waals surface area (Å²) in [6.07, 6.45) is 4.25. The Morgan fingerprint density at radius 2 is 1.87 bits per heavy atom. The summed E-state index contributed by atoms with van der Waals surface area (Å²) < 4.78 is 1.78. The second kappa shape index (κ2) is 9.09. The monoisotopic (exact) mass is 424 g/mol. The average Bonchev–Trinajstić information content (AvgIpc) is 3.46. The van der Waals surface area contributed by atoms with Crippen LogP contribution in [-0.4, -0.2) is 77.2 Å². The van der Waals surface area contributed by atoms with Crippen LogP contribution in [0.15, 0.2) is 36.5 Å².